The van der Waals surface area contributed by atoms with Crippen LogP contribution in [-0.4, -0.2) is 51.2 Å². The minimum atomic E-state index is -0.591. The molecule has 14 heteroatoms. The van der Waals surface area contributed by atoms with Crippen LogP contribution in [0.4, 0.5) is 4.39 Å². The Morgan fingerprint density at radius 2 is 1.95 bits per heavy atom. The smallest absolute Gasteiger partial charge is 0.351 e. The molecule has 202 valence electrons. The average molecular weight is 570 g/mol. The lowest BCUT2D eigenvalue weighted by atomic mass is 10.1. The molecule has 4 heterocycles. The third kappa shape index (κ3) is 4.83. The highest BCUT2D eigenvalue weighted by molar-refractivity contribution is 7.21. The Morgan fingerprint density at radius 3 is 2.62 bits per heavy atom. The predicted molar refractivity (Wildman–Crippen MR) is 149 cm³/mol. The number of aromatic nitrogens is 5. The Kier molecular flexibility index (Phi) is 7.30. The highest BCUT2D eigenvalue weighted by Crippen LogP contribution is 2.31. The highest BCUT2D eigenvalue weighted by atomic mass is 32.1. The van der Waals surface area contributed by atoms with Crippen molar-refractivity contribution in [3.63, 3.8) is 0 Å². The quantitative estimate of drug-likeness (QED) is 0.198. The maximum Gasteiger partial charge on any atom is 0.351 e. The van der Waals surface area contributed by atoms with E-state index in [0.29, 0.717) is 38.6 Å². The van der Waals surface area contributed by atoms with Gasteiger partial charge in [-0.2, -0.15) is 14.9 Å². The SMILES string of the molecule is CON=C(Cn1c(=O)n(N(C)Cc2cccs2)c(=O)c2c(C)c(-n3nccn3)sc21)c1cc(F)ccc1OC. The van der Waals surface area contributed by atoms with Crippen LogP contribution in [0.15, 0.2) is 62.9 Å². The highest BCUT2D eigenvalue weighted by Gasteiger charge is 2.25. The second-order valence-electron chi connectivity index (χ2n) is 8.48. The number of benzene rings is 1. The van der Waals surface area contributed by atoms with Crippen LogP contribution >= 0.6 is 22.7 Å². The van der Waals surface area contributed by atoms with Crippen LogP contribution in [0.3, 0.4) is 0 Å². The van der Waals surface area contributed by atoms with Crippen molar-refractivity contribution in [3.8, 4) is 10.8 Å². The Balaban J connectivity index is 1.76. The zero-order valence-electron chi connectivity index (χ0n) is 21.5. The summed E-state index contributed by atoms with van der Waals surface area (Å²) < 4.78 is 22.2. The van der Waals surface area contributed by atoms with Gasteiger partial charge in [0.25, 0.3) is 5.56 Å². The minimum absolute atomic E-state index is 0.137. The minimum Gasteiger partial charge on any atom is -0.496 e. The van der Waals surface area contributed by atoms with Crippen LogP contribution in [0.25, 0.3) is 15.2 Å². The van der Waals surface area contributed by atoms with E-state index >= 15 is 0 Å². The first-order chi connectivity index (χ1) is 18.8. The van der Waals surface area contributed by atoms with Gasteiger partial charge in [-0.3, -0.25) is 9.36 Å². The molecule has 11 nitrogen and oxygen atoms in total. The predicted octanol–water partition coefficient (Wildman–Crippen LogP) is 3.14. The van der Waals surface area contributed by atoms with Gasteiger partial charge >= 0.3 is 5.69 Å². The summed E-state index contributed by atoms with van der Waals surface area (Å²) in [5.74, 6) is -0.157. The average Bonchev–Trinajstić information content (AvgIpc) is 3.68. The van der Waals surface area contributed by atoms with E-state index in [0.717, 1.165) is 9.55 Å². The molecule has 0 saturated carbocycles. The Labute approximate surface area is 229 Å². The van der Waals surface area contributed by atoms with Crippen molar-refractivity contribution in [1.29, 1.82) is 0 Å². The molecule has 0 bridgehead atoms. The summed E-state index contributed by atoms with van der Waals surface area (Å²) in [5.41, 5.74) is 0.106. The summed E-state index contributed by atoms with van der Waals surface area (Å²) in [6.07, 6.45) is 3.06. The molecule has 39 heavy (non-hydrogen) atoms. The lowest BCUT2D eigenvalue weighted by Gasteiger charge is -2.22. The largest absolute Gasteiger partial charge is 0.496 e. The van der Waals surface area contributed by atoms with Crippen LogP contribution in [0.1, 0.15) is 16.0 Å². The van der Waals surface area contributed by atoms with Gasteiger partial charge in [-0.05, 0) is 36.6 Å². The molecule has 1 aromatic carbocycles. The summed E-state index contributed by atoms with van der Waals surface area (Å²) in [6, 6.07) is 7.84. The first-order valence-corrected chi connectivity index (χ1v) is 13.4. The van der Waals surface area contributed by atoms with Gasteiger partial charge in [-0.25, -0.2) is 9.18 Å². The summed E-state index contributed by atoms with van der Waals surface area (Å²) in [5, 5.41) is 17.0. The number of methoxy groups -OCH3 is 1. The van der Waals surface area contributed by atoms with Gasteiger partial charge in [0.15, 0.2) is 0 Å². The molecule has 0 fully saturated rings. The number of thiophene rings is 2. The molecular formula is C25H24FN7O4S2. The molecule has 0 aliphatic rings. The van der Waals surface area contributed by atoms with Crippen molar-refractivity contribution in [2.75, 3.05) is 26.3 Å². The number of halogens is 1. The first-order valence-electron chi connectivity index (χ1n) is 11.7. The van der Waals surface area contributed by atoms with Gasteiger partial charge in [0.1, 0.15) is 34.2 Å². The molecular weight excluding hydrogens is 545 g/mol. The van der Waals surface area contributed by atoms with E-state index < -0.39 is 17.1 Å². The van der Waals surface area contributed by atoms with Crippen molar-refractivity contribution in [3.05, 3.63) is 90.8 Å². The van der Waals surface area contributed by atoms with Gasteiger partial charge in [0, 0.05) is 23.1 Å². The van der Waals surface area contributed by atoms with Crippen molar-refractivity contribution in [2.24, 2.45) is 5.16 Å². The molecule has 5 rings (SSSR count). The van der Waals surface area contributed by atoms with Crippen LogP contribution in [-0.2, 0) is 17.9 Å². The van der Waals surface area contributed by atoms with E-state index in [2.05, 4.69) is 15.4 Å². The number of hydrogen-bond acceptors (Lipinski definition) is 10. The van der Waals surface area contributed by atoms with Gasteiger partial charge in [0.2, 0.25) is 0 Å². The molecule has 0 aliphatic heterocycles. The van der Waals surface area contributed by atoms with Crippen molar-refractivity contribution < 1.29 is 14.0 Å². The fourth-order valence-corrected chi connectivity index (χ4v) is 6.26. The fourth-order valence-electron chi connectivity index (χ4n) is 4.30. The number of rotatable bonds is 9. The third-order valence-electron chi connectivity index (χ3n) is 6.05. The van der Waals surface area contributed by atoms with E-state index in [9.17, 15) is 14.0 Å². The Morgan fingerprint density at radius 1 is 1.18 bits per heavy atom. The van der Waals surface area contributed by atoms with Crippen LogP contribution in [0.2, 0.25) is 0 Å². The van der Waals surface area contributed by atoms with Crippen molar-refractivity contribution >= 4 is 38.6 Å². The molecule has 4 aromatic heterocycles. The Bertz CT molecular complexity index is 1770. The molecule has 0 spiro atoms. The number of oxime groups is 1. The molecule has 0 saturated heterocycles. The summed E-state index contributed by atoms with van der Waals surface area (Å²) in [7, 11) is 4.49. The summed E-state index contributed by atoms with van der Waals surface area (Å²) >= 11 is 2.72. The van der Waals surface area contributed by atoms with E-state index in [4.69, 9.17) is 9.57 Å². The first kappa shape index (κ1) is 26.3. The second kappa shape index (κ2) is 10.8. The molecule has 0 radical (unpaired) electrons. The van der Waals surface area contributed by atoms with E-state index in [1.165, 1.54) is 76.8 Å². The lowest BCUT2D eigenvalue weighted by Crippen LogP contribution is -2.50. The zero-order chi connectivity index (χ0) is 27.7. The number of hydrogen-bond donors (Lipinski definition) is 0. The van der Waals surface area contributed by atoms with Gasteiger partial charge in [-0.15, -0.1) is 16.1 Å². The zero-order valence-corrected chi connectivity index (χ0v) is 23.1. The van der Waals surface area contributed by atoms with Crippen LogP contribution < -0.4 is 21.0 Å². The molecule has 5 aromatic rings. The third-order valence-corrected chi connectivity index (χ3v) is 8.20. The normalized spacial score (nSPS) is 11.8. The molecule has 0 atom stereocenters. The van der Waals surface area contributed by atoms with E-state index in [1.54, 1.807) is 19.0 Å². The summed E-state index contributed by atoms with van der Waals surface area (Å²) in [4.78, 5) is 35.7. The Hall–Kier alpha value is -4.30. The monoisotopic (exact) mass is 569 g/mol. The van der Waals surface area contributed by atoms with Crippen LogP contribution in [0, 0.1) is 12.7 Å². The molecule has 0 unspecified atom stereocenters. The maximum absolute atomic E-state index is 14.3. The van der Waals surface area contributed by atoms with E-state index in [1.807, 2.05) is 17.5 Å². The van der Waals surface area contributed by atoms with Gasteiger partial charge in [-0.1, -0.05) is 22.6 Å². The summed E-state index contributed by atoms with van der Waals surface area (Å²) in [6.45, 7) is 1.99. The fraction of sp³-hybridized carbons (Fsp3) is 0.240. The molecule has 0 amide bonds. The van der Waals surface area contributed by atoms with E-state index in [-0.39, 0.29) is 12.3 Å². The second-order valence-corrected chi connectivity index (χ2v) is 10.5. The number of fused-ring (bicyclic) bond motifs is 1. The van der Waals surface area contributed by atoms with Gasteiger partial charge in [0.05, 0.1) is 38.0 Å². The van der Waals surface area contributed by atoms with Crippen molar-refractivity contribution in [1.82, 2.24) is 24.2 Å². The van der Waals surface area contributed by atoms with Crippen molar-refractivity contribution in [2.45, 2.75) is 20.0 Å². The lowest BCUT2D eigenvalue weighted by molar-refractivity contribution is 0.212. The standard InChI is InChI=1S/C25H24FN7O4S2/c1-15-21-22(34)32(30(2)13-17-6-5-11-38-17)25(35)31(24(21)39-23(15)33-27-9-10-28-33)14-19(29-37-4)18-12-16(26)7-8-20(18)36-3/h5-12H,13-14H2,1-4H3. The van der Waals surface area contributed by atoms with Crippen LogP contribution in [0.5, 0.6) is 5.75 Å². The number of nitrogens with zero attached hydrogens (tertiary/aromatic N) is 7. The maximum atomic E-state index is 14.3. The number of ether oxygens (including phenoxy) is 1. The molecule has 0 aliphatic carbocycles. The molecule has 0 N–H and O–H groups in total. The van der Waals surface area contributed by atoms with Gasteiger partial charge < -0.3 is 14.6 Å². The number of aryl methyl sites for hydroxylation is 1. The topological polar surface area (TPSA) is 109 Å².